The maximum Gasteiger partial charge on any atom is 0.193 e. The van der Waals surface area contributed by atoms with E-state index in [2.05, 4.69) is 4.90 Å². The van der Waals surface area contributed by atoms with Crippen LogP contribution in [0.1, 0.15) is 28.1 Å². The predicted molar refractivity (Wildman–Crippen MR) is 103 cm³/mol. The average molecular weight is 369 g/mol. The van der Waals surface area contributed by atoms with Crippen LogP contribution < -0.4 is 9.47 Å². The molecule has 142 valence electrons. The maximum atomic E-state index is 12.8. The van der Waals surface area contributed by atoms with E-state index >= 15 is 0 Å². The number of carbonyl (C=O) groups is 1. The van der Waals surface area contributed by atoms with Gasteiger partial charge in [0.05, 0.1) is 26.0 Å². The van der Waals surface area contributed by atoms with Gasteiger partial charge in [-0.25, -0.2) is 0 Å². The van der Waals surface area contributed by atoms with Crippen LogP contribution in [0.25, 0.3) is 11.6 Å². The van der Waals surface area contributed by atoms with E-state index in [1.807, 2.05) is 13.1 Å². The lowest BCUT2D eigenvalue weighted by Gasteiger charge is -2.24. The minimum absolute atomic E-state index is 0.107. The Kier molecular flexibility index (Phi) is 5.66. The number of nitrogens with zero attached hydrogens (tertiary/aromatic N) is 1. The van der Waals surface area contributed by atoms with Crippen molar-refractivity contribution in [1.29, 1.82) is 0 Å². The second-order valence-electron chi connectivity index (χ2n) is 6.33. The number of benzene rings is 1. The number of hydrogen-bond acceptors (Lipinski definition) is 6. The van der Waals surface area contributed by atoms with E-state index in [1.54, 1.807) is 24.3 Å². The van der Waals surface area contributed by atoms with Crippen molar-refractivity contribution in [3.05, 3.63) is 53.5 Å². The van der Waals surface area contributed by atoms with E-state index in [1.165, 1.54) is 26.6 Å². The first-order chi connectivity index (χ1) is 13.0. The monoisotopic (exact) mass is 369 g/mol. The lowest BCUT2D eigenvalue weighted by atomic mass is 9.93. The van der Waals surface area contributed by atoms with Crippen molar-refractivity contribution in [2.24, 2.45) is 0 Å². The van der Waals surface area contributed by atoms with Gasteiger partial charge in [-0.1, -0.05) is 6.08 Å². The van der Waals surface area contributed by atoms with Crippen LogP contribution in [0, 0.1) is 0 Å². The van der Waals surface area contributed by atoms with E-state index in [0.29, 0.717) is 17.1 Å². The highest BCUT2D eigenvalue weighted by Crippen LogP contribution is 2.44. The molecule has 0 amide bonds. The number of furan rings is 1. The summed E-state index contributed by atoms with van der Waals surface area (Å²) in [6.45, 7) is 1.63. The minimum atomic E-state index is -0.377. The molecule has 0 aliphatic carbocycles. The number of allylic oxidation sites excluding steroid dienone is 1. The van der Waals surface area contributed by atoms with E-state index in [-0.39, 0.29) is 22.8 Å². The molecule has 1 aromatic heterocycles. The van der Waals surface area contributed by atoms with E-state index in [0.717, 1.165) is 25.1 Å². The molecule has 1 aliphatic heterocycles. The molecule has 3 rings (SSSR count). The maximum absolute atomic E-state index is 12.8. The Morgan fingerprint density at radius 1 is 1.30 bits per heavy atom. The number of carbonyl (C=O) groups excluding carboxylic acids is 1. The molecule has 0 saturated heterocycles. The Balaban J connectivity index is 2.07. The van der Waals surface area contributed by atoms with Gasteiger partial charge in [-0.15, -0.1) is 0 Å². The molecular formula is C21H23NO5. The molecule has 0 saturated carbocycles. The topological polar surface area (TPSA) is 72.1 Å². The largest absolute Gasteiger partial charge is 0.506 e. The summed E-state index contributed by atoms with van der Waals surface area (Å²) >= 11 is 0. The molecule has 0 unspecified atom stereocenters. The van der Waals surface area contributed by atoms with Crippen LogP contribution in [0.2, 0.25) is 0 Å². The first kappa shape index (κ1) is 18.8. The zero-order valence-corrected chi connectivity index (χ0v) is 15.7. The summed E-state index contributed by atoms with van der Waals surface area (Å²) in [6, 6.07) is 5.12. The molecule has 1 aromatic carbocycles. The average Bonchev–Trinajstić information content (AvgIpc) is 3.19. The van der Waals surface area contributed by atoms with Crippen LogP contribution in [-0.2, 0) is 0 Å². The van der Waals surface area contributed by atoms with E-state index in [9.17, 15) is 9.90 Å². The van der Waals surface area contributed by atoms with Gasteiger partial charge in [-0.2, -0.15) is 0 Å². The van der Waals surface area contributed by atoms with Crippen molar-refractivity contribution in [3.63, 3.8) is 0 Å². The number of likely N-dealkylation sites (N-methyl/N-ethyl adjacent to an activating group) is 1. The Morgan fingerprint density at radius 2 is 2.07 bits per heavy atom. The highest BCUT2D eigenvalue weighted by molar-refractivity contribution is 6.11. The van der Waals surface area contributed by atoms with Gasteiger partial charge in [0.1, 0.15) is 28.6 Å². The molecule has 2 aromatic rings. The second kappa shape index (κ2) is 8.14. The van der Waals surface area contributed by atoms with Crippen molar-refractivity contribution < 1.29 is 23.8 Å². The molecule has 1 N–H and O–H groups in total. The summed E-state index contributed by atoms with van der Waals surface area (Å²) in [7, 11) is 5.02. The number of phenolic OH excluding ortho intramolecular Hbond substituents is 1. The van der Waals surface area contributed by atoms with Gasteiger partial charge in [0.25, 0.3) is 0 Å². The van der Waals surface area contributed by atoms with Crippen molar-refractivity contribution in [2.45, 2.75) is 6.42 Å². The zero-order chi connectivity index (χ0) is 19.4. The number of rotatable bonds is 6. The molecule has 1 aliphatic rings. The summed E-state index contributed by atoms with van der Waals surface area (Å²) in [6.07, 6.45) is 7.24. The van der Waals surface area contributed by atoms with Gasteiger partial charge < -0.3 is 23.9 Å². The van der Waals surface area contributed by atoms with Crippen LogP contribution in [0.5, 0.6) is 17.2 Å². The number of ketones is 1. The molecule has 27 heavy (non-hydrogen) atoms. The lowest BCUT2D eigenvalue weighted by molar-refractivity contribution is 0.104. The van der Waals surface area contributed by atoms with Crippen LogP contribution in [0.3, 0.4) is 0 Å². The fourth-order valence-electron chi connectivity index (χ4n) is 3.12. The van der Waals surface area contributed by atoms with Gasteiger partial charge in [-0.3, -0.25) is 4.79 Å². The predicted octanol–water partition coefficient (Wildman–Crippen LogP) is 3.62. The first-order valence-corrected chi connectivity index (χ1v) is 8.67. The fraction of sp³-hybridized carbons (Fsp3) is 0.286. The van der Waals surface area contributed by atoms with Gasteiger partial charge in [0.15, 0.2) is 5.78 Å². The number of hydrogen-bond donors (Lipinski definition) is 1. The zero-order valence-electron chi connectivity index (χ0n) is 15.7. The van der Waals surface area contributed by atoms with Crippen molar-refractivity contribution >= 4 is 17.4 Å². The summed E-state index contributed by atoms with van der Waals surface area (Å²) < 4.78 is 16.0. The van der Waals surface area contributed by atoms with Crippen LogP contribution in [0.15, 0.2) is 41.0 Å². The third kappa shape index (κ3) is 3.90. The molecular weight excluding hydrogens is 346 g/mol. The van der Waals surface area contributed by atoms with Gasteiger partial charge in [0, 0.05) is 19.2 Å². The quantitative estimate of drug-likeness (QED) is 0.619. The van der Waals surface area contributed by atoms with E-state index in [4.69, 9.17) is 13.9 Å². The first-order valence-electron chi connectivity index (χ1n) is 8.67. The van der Waals surface area contributed by atoms with Crippen LogP contribution in [-0.4, -0.2) is 50.1 Å². The lowest BCUT2D eigenvalue weighted by Crippen LogP contribution is -2.23. The minimum Gasteiger partial charge on any atom is -0.506 e. The molecule has 0 bridgehead atoms. The molecule has 0 spiro atoms. The molecule has 0 radical (unpaired) electrons. The Hall–Kier alpha value is -2.99. The Bertz CT molecular complexity index is 880. The molecule has 6 nitrogen and oxygen atoms in total. The standard InChI is InChI=1S/C21H23NO5/c1-22-10-8-14(9-11-22)19-17(25-2)13-18(26-3)20(21(19)24)16(23)7-6-15-5-4-12-27-15/h4-8,12-13,24H,9-11H2,1-3H3. The Labute approximate surface area is 158 Å². The fourth-order valence-corrected chi connectivity index (χ4v) is 3.12. The highest BCUT2D eigenvalue weighted by Gasteiger charge is 2.26. The third-order valence-electron chi connectivity index (χ3n) is 4.59. The molecule has 0 fully saturated rings. The summed E-state index contributed by atoms with van der Waals surface area (Å²) in [5, 5.41) is 11.0. The smallest absolute Gasteiger partial charge is 0.193 e. The summed E-state index contributed by atoms with van der Waals surface area (Å²) in [4.78, 5) is 15.0. The SMILES string of the molecule is COc1cc(OC)c(C2=CCN(C)CC2)c(O)c1C(=O)C=Cc1ccco1. The second-order valence-corrected chi connectivity index (χ2v) is 6.33. The van der Waals surface area contributed by atoms with Gasteiger partial charge in [0.2, 0.25) is 0 Å². The van der Waals surface area contributed by atoms with Gasteiger partial charge in [-0.05, 0) is 43.3 Å². The summed E-state index contributed by atoms with van der Waals surface area (Å²) in [5.74, 6) is 0.783. The van der Waals surface area contributed by atoms with Crippen molar-refractivity contribution in [2.75, 3.05) is 34.4 Å². The normalized spacial score (nSPS) is 15.0. The van der Waals surface area contributed by atoms with E-state index < -0.39 is 0 Å². The Morgan fingerprint density at radius 3 is 2.67 bits per heavy atom. The van der Waals surface area contributed by atoms with Crippen molar-refractivity contribution in [1.82, 2.24) is 4.90 Å². The van der Waals surface area contributed by atoms with Crippen LogP contribution in [0.4, 0.5) is 0 Å². The number of phenols is 1. The molecule has 0 atom stereocenters. The van der Waals surface area contributed by atoms with Crippen LogP contribution >= 0.6 is 0 Å². The molecule has 2 heterocycles. The number of methoxy groups -OCH3 is 2. The number of ether oxygens (including phenoxy) is 2. The number of aromatic hydroxyl groups is 1. The third-order valence-corrected chi connectivity index (χ3v) is 4.59. The van der Waals surface area contributed by atoms with Gasteiger partial charge >= 0.3 is 0 Å². The van der Waals surface area contributed by atoms with Crippen molar-refractivity contribution in [3.8, 4) is 17.2 Å². The highest BCUT2D eigenvalue weighted by atomic mass is 16.5. The molecule has 6 heteroatoms. The summed E-state index contributed by atoms with van der Waals surface area (Å²) in [5.41, 5.74) is 1.60.